The molecular formula is C21H23N3O2. The van der Waals surface area contributed by atoms with Crippen molar-refractivity contribution in [2.45, 2.75) is 25.7 Å². The maximum Gasteiger partial charge on any atom is 0.259 e. The molecule has 0 aliphatic carbocycles. The molecule has 1 heterocycles. The Morgan fingerprint density at radius 2 is 1.77 bits per heavy atom. The van der Waals surface area contributed by atoms with Crippen LogP contribution >= 0.6 is 0 Å². The summed E-state index contributed by atoms with van der Waals surface area (Å²) in [4.78, 5) is 25.9. The third kappa shape index (κ3) is 4.79. The van der Waals surface area contributed by atoms with E-state index in [4.69, 9.17) is 0 Å². The number of hydrazone groups is 1. The molecule has 0 radical (unpaired) electrons. The van der Waals surface area contributed by atoms with E-state index in [0.717, 1.165) is 16.8 Å². The molecule has 1 aliphatic heterocycles. The highest BCUT2D eigenvalue weighted by atomic mass is 16.2. The van der Waals surface area contributed by atoms with Crippen LogP contribution in [0.2, 0.25) is 0 Å². The van der Waals surface area contributed by atoms with Crippen molar-refractivity contribution in [3.05, 3.63) is 71.8 Å². The molecule has 2 aromatic carbocycles. The molecule has 0 unspecified atom stereocenters. The zero-order chi connectivity index (χ0) is 18.4. The first-order chi connectivity index (χ1) is 12.6. The third-order valence-electron chi connectivity index (χ3n) is 4.49. The number of likely N-dealkylation sites (tertiary alicyclic amines) is 1. The van der Waals surface area contributed by atoms with Gasteiger partial charge in [-0.2, -0.15) is 5.10 Å². The number of hydrogen-bond acceptors (Lipinski definition) is 3. The first-order valence-corrected chi connectivity index (χ1v) is 8.80. The summed E-state index contributed by atoms with van der Waals surface area (Å²) in [5.41, 5.74) is 5.66. The van der Waals surface area contributed by atoms with E-state index in [0.29, 0.717) is 19.4 Å². The van der Waals surface area contributed by atoms with Gasteiger partial charge in [-0.05, 0) is 18.1 Å². The third-order valence-corrected chi connectivity index (χ3v) is 4.49. The van der Waals surface area contributed by atoms with E-state index in [1.807, 2.05) is 67.6 Å². The van der Waals surface area contributed by atoms with Gasteiger partial charge in [0.2, 0.25) is 5.91 Å². The van der Waals surface area contributed by atoms with Crippen molar-refractivity contribution >= 4 is 17.5 Å². The minimum absolute atomic E-state index is 0.0130. The first kappa shape index (κ1) is 17.9. The number of benzene rings is 2. The molecule has 1 aliphatic rings. The van der Waals surface area contributed by atoms with E-state index in [2.05, 4.69) is 10.5 Å². The molecule has 1 saturated heterocycles. The quantitative estimate of drug-likeness (QED) is 0.644. The van der Waals surface area contributed by atoms with E-state index in [1.54, 1.807) is 4.90 Å². The Morgan fingerprint density at radius 1 is 1.12 bits per heavy atom. The van der Waals surface area contributed by atoms with E-state index >= 15 is 0 Å². The molecule has 2 aromatic rings. The molecule has 1 N–H and O–H groups in total. The van der Waals surface area contributed by atoms with Crippen LogP contribution in [-0.4, -0.2) is 35.5 Å². The van der Waals surface area contributed by atoms with Crippen molar-refractivity contribution in [3.8, 4) is 0 Å². The molecule has 3 rings (SSSR count). The Bertz CT molecular complexity index is 787. The van der Waals surface area contributed by atoms with Crippen LogP contribution in [0.4, 0.5) is 0 Å². The van der Waals surface area contributed by atoms with Gasteiger partial charge >= 0.3 is 0 Å². The second-order valence-corrected chi connectivity index (χ2v) is 6.63. The van der Waals surface area contributed by atoms with Gasteiger partial charge in [0.05, 0.1) is 0 Å². The number of carbonyl (C=O) groups is 2. The summed E-state index contributed by atoms with van der Waals surface area (Å²) in [5, 5.41) is 4.14. The van der Waals surface area contributed by atoms with E-state index in [9.17, 15) is 9.59 Å². The molecule has 26 heavy (non-hydrogen) atoms. The number of nitrogens with zero attached hydrogens (tertiary/aromatic N) is 2. The second-order valence-electron chi connectivity index (χ2n) is 6.63. The van der Waals surface area contributed by atoms with Gasteiger partial charge in [-0.1, -0.05) is 60.7 Å². The summed E-state index contributed by atoms with van der Waals surface area (Å²) in [6.45, 7) is 2.49. The lowest BCUT2D eigenvalue weighted by Crippen LogP contribution is -2.36. The highest BCUT2D eigenvalue weighted by molar-refractivity contribution is 5.89. The minimum Gasteiger partial charge on any atom is -0.333 e. The average Bonchev–Trinajstić information content (AvgIpc) is 3.02. The van der Waals surface area contributed by atoms with Crippen molar-refractivity contribution < 1.29 is 9.59 Å². The summed E-state index contributed by atoms with van der Waals surface area (Å²) < 4.78 is 0. The number of hydrogen-bond donors (Lipinski definition) is 1. The number of carbonyl (C=O) groups excluding carboxylic acids is 2. The first-order valence-electron chi connectivity index (χ1n) is 8.80. The predicted octanol–water partition coefficient (Wildman–Crippen LogP) is 2.74. The van der Waals surface area contributed by atoms with Crippen molar-refractivity contribution in [2.24, 2.45) is 5.10 Å². The highest BCUT2D eigenvalue weighted by Gasteiger charge is 2.31. The van der Waals surface area contributed by atoms with Crippen LogP contribution in [0.25, 0.3) is 0 Å². The van der Waals surface area contributed by atoms with Gasteiger partial charge in [0.1, 0.15) is 6.54 Å². The molecular weight excluding hydrogens is 326 g/mol. The SMILES string of the molecule is C/C(Cc1ccccc1)=N/NC(=O)CN1C[C@@H](c2ccccc2)CC1=O. The van der Waals surface area contributed by atoms with Gasteiger partial charge in [0.15, 0.2) is 0 Å². The van der Waals surface area contributed by atoms with Crippen molar-refractivity contribution in [1.82, 2.24) is 10.3 Å². The van der Waals surface area contributed by atoms with Gasteiger partial charge in [0.25, 0.3) is 5.91 Å². The second kappa shape index (κ2) is 8.43. The molecule has 0 aromatic heterocycles. The minimum atomic E-state index is -0.264. The van der Waals surface area contributed by atoms with Gasteiger partial charge in [-0.3, -0.25) is 9.59 Å². The number of nitrogens with one attached hydrogen (secondary N) is 1. The molecule has 0 saturated carbocycles. The van der Waals surface area contributed by atoms with Gasteiger partial charge < -0.3 is 4.90 Å². The molecule has 5 nitrogen and oxygen atoms in total. The lowest BCUT2D eigenvalue weighted by atomic mass is 9.99. The maximum absolute atomic E-state index is 12.2. The summed E-state index contributed by atoms with van der Waals surface area (Å²) in [7, 11) is 0. The smallest absolute Gasteiger partial charge is 0.259 e. The predicted molar refractivity (Wildman–Crippen MR) is 102 cm³/mol. The fourth-order valence-corrected chi connectivity index (χ4v) is 3.17. The Balaban J connectivity index is 1.50. The highest BCUT2D eigenvalue weighted by Crippen LogP contribution is 2.27. The Labute approximate surface area is 153 Å². The van der Waals surface area contributed by atoms with Crippen LogP contribution in [-0.2, 0) is 16.0 Å². The van der Waals surface area contributed by atoms with E-state index in [-0.39, 0.29) is 24.3 Å². The van der Waals surface area contributed by atoms with Crippen LogP contribution in [0.15, 0.2) is 65.8 Å². The number of rotatable bonds is 6. The topological polar surface area (TPSA) is 61.8 Å². The van der Waals surface area contributed by atoms with E-state index < -0.39 is 0 Å². The zero-order valence-electron chi connectivity index (χ0n) is 14.9. The summed E-state index contributed by atoms with van der Waals surface area (Å²) in [5.74, 6) is -0.0988. The molecule has 2 amide bonds. The van der Waals surface area contributed by atoms with Gasteiger partial charge in [-0.25, -0.2) is 5.43 Å². The molecule has 1 fully saturated rings. The van der Waals surface area contributed by atoms with Crippen LogP contribution in [0.3, 0.4) is 0 Å². The molecule has 134 valence electrons. The maximum atomic E-state index is 12.2. The fraction of sp³-hybridized carbons (Fsp3) is 0.286. The Morgan fingerprint density at radius 3 is 2.46 bits per heavy atom. The van der Waals surface area contributed by atoms with Crippen LogP contribution < -0.4 is 5.43 Å². The van der Waals surface area contributed by atoms with Gasteiger partial charge in [-0.15, -0.1) is 0 Å². The monoisotopic (exact) mass is 349 g/mol. The summed E-state index contributed by atoms with van der Waals surface area (Å²) in [6.07, 6.45) is 1.13. The van der Waals surface area contributed by atoms with Gasteiger partial charge in [0, 0.05) is 31.0 Å². The standard InChI is InChI=1S/C21H23N3O2/c1-16(12-17-8-4-2-5-9-17)22-23-20(25)15-24-14-19(13-21(24)26)18-10-6-3-7-11-18/h2-11,19H,12-15H2,1H3,(H,23,25)/b22-16-/t19-/m0/s1. The fourth-order valence-electron chi connectivity index (χ4n) is 3.17. The van der Waals surface area contributed by atoms with Crippen LogP contribution in [0.5, 0.6) is 0 Å². The van der Waals surface area contributed by atoms with Crippen LogP contribution in [0.1, 0.15) is 30.4 Å². The Hall–Kier alpha value is -2.95. The lowest BCUT2D eigenvalue weighted by Gasteiger charge is -2.15. The molecule has 0 spiro atoms. The van der Waals surface area contributed by atoms with Crippen LogP contribution in [0, 0.1) is 0 Å². The largest absolute Gasteiger partial charge is 0.333 e. The molecule has 0 bridgehead atoms. The normalized spacial score (nSPS) is 17.4. The van der Waals surface area contributed by atoms with Crippen molar-refractivity contribution in [3.63, 3.8) is 0 Å². The average molecular weight is 349 g/mol. The Kier molecular flexibility index (Phi) is 5.79. The molecule has 1 atom stereocenters. The number of amides is 2. The van der Waals surface area contributed by atoms with E-state index in [1.165, 1.54) is 0 Å². The molecule has 5 heteroatoms. The summed E-state index contributed by atoms with van der Waals surface area (Å²) >= 11 is 0. The lowest BCUT2D eigenvalue weighted by molar-refractivity contribution is -0.133. The zero-order valence-corrected chi connectivity index (χ0v) is 14.9. The van der Waals surface area contributed by atoms with Crippen molar-refractivity contribution in [1.29, 1.82) is 0 Å². The summed E-state index contributed by atoms with van der Waals surface area (Å²) in [6, 6.07) is 19.9. The van der Waals surface area contributed by atoms with Crippen molar-refractivity contribution in [2.75, 3.05) is 13.1 Å².